The van der Waals surface area contributed by atoms with Crippen molar-refractivity contribution in [3.8, 4) is 22.3 Å². The molecule has 0 spiro atoms. The Hall–Kier alpha value is -6.55. The Labute approximate surface area is 352 Å². The number of rotatable bonds is 4. The zero-order chi connectivity index (χ0) is 41.2. The minimum absolute atomic E-state index is 0.324. The standard InChI is InChI=1S/C52H37BN4.Pt/c1-38-30-32-43(33-31-38)56-37-57(51-29-12-11-28-50(51)56)45-23-14-21-42(35-45)53(41-20-13-22-44(34-41)55-36-54(2)48-26-9-10-27-49(48)55)52-46(39-16-5-3-6-17-39)24-15-25-47(52)40-18-7-4-8-19-40;/h3-33H,1-2H3;/q-2;/i2D3;. The molecule has 0 fully saturated rings. The Morgan fingerprint density at radius 3 is 1.52 bits per heavy atom. The summed E-state index contributed by atoms with van der Waals surface area (Å²) in [6.07, 6.45) is 0. The molecule has 0 saturated heterocycles. The molecule has 0 saturated carbocycles. The van der Waals surface area contributed by atoms with Crippen molar-refractivity contribution in [3.63, 3.8) is 0 Å². The first kappa shape index (κ1) is 31.5. The van der Waals surface area contributed by atoms with E-state index >= 15 is 0 Å². The fraction of sp³-hybridized carbons (Fsp3) is 0.0385. The summed E-state index contributed by atoms with van der Waals surface area (Å²) in [4.78, 5) is 8.42. The van der Waals surface area contributed by atoms with Crippen LogP contribution in [0.1, 0.15) is 9.68 Å². The average molecular weight is 927 g/mol. The van der Waals surface area contributed by atoms with Gasteiger partial charge in [-0.05, 0) is 0 Å². The Bertz CT molecular complexity index is 3000. The molecule has 0 radical (unpaired) electrons. The molecule has 0 unspecified atom stereocenters. The maximum absolute atomic E-state index is 9.08. The van der Waals surface area contributed by atoms with Crippen LogP contribution in [0.2, 0.25) is 0 Å². The van der Waals surface area contributed by atoms with E-state index in [1.807, 2.05) is 24.3 Å². The predicted octanol–water partition coefficient (Wildman–Crippen LogP) is 9.59. The van der Waals surface area contributed by atoms with Crippen LogP contribution in [-0.4, -0.2) is 22.0 Å². The van der Waals surface area contributed by atoms with Crippen LogP contribution in [0, 0.1) is 19.1 Å². The third-order valence-corrected chi connectivity index (χ3v) is 14.2. The zero-order valence-corrected chi connectivity index (χ0v) is 33.9. The second kappa shape index (κ2) is 14.1. The fourth-order valence-corrected chi connectivity index (χ4v) is 11.9. The van der Waals surface area contributed by atoms with Gasteiger partial charge in [0.2, 0.25) is 0 Å². The van der Waals surface area contributed by atoms with Crippen molar-refractivity contribution in [2.75, 3.05) is 26.6 Å². The van der Waals surface area contributed by atoms with Crippen LogP contribution in [0.25, 0.3) is 22.3 Å². The maximum atomic E-state index is 9.08. The van der Waals surface area contributed by atoms with Crippen LogP contribution in [0.4, 0.5) is 39.8 Å². The fourth-order valence-electron chi connectivity index (χ4n) is 8.47. The van der Waals surface area contributed by atoms with Crippen molar-refractivity contribution < 1.29 is 21.8 Å². The van der Waals surface area contributed by atoms with Gasteiger partial charge in [0.05, 0.1) is 0 Å². The summed E-state index contributed by atoms with van der Waals surface area (Å²) in [7, 11) is 0. The van der Waals surface area contributed by atoms with Crippen molar-refractivity contribution >= 4 is 71.2 Å². The molecular weight excluding hydrogens is 886 g/mol. The molecule has 0 aliphatic carbocycles. The van der Waals surface area contributed by atoms with Crippen molar-refractivity contribution in [2.45, 2.75) is 6.92 Å². The summed E-state index contributed by atoms with van der Waals surface area (Å²) in [5.41, 5.74) is 15.0. The van der Waals surface area contributed by atoms with Crippen molar-refractivity contribution in [1.29, 1.82) is 0 Å². The average Bonchev–Trinajstić information content (AvgIpc) is 3.80. The molecule has 11 rings (SSSR count). The molecule has 0 aromatic heterocycles. The molecular formula is C52H37BN4Pt-2. The number of hydrogen-bond donors (Lipinski definition) is 0. The van der Waals surface area contributed by atoms with Crippen LogP contribution >= 0.6 is 0 Å². The topological polar surface area (TPSA) is 13.0 Å². The first-order valence-electron chi connectivity index (χ1n) is 20.9. The molecule has 0 N–H and O–H groups in total. The van der Waals surface area contributed by atoms with Gasteiger partial charge in [-0.3, -0.25) is 0 Å². The number of fused-ring (bicyclic) bond motifs is 12. The van der Waals surface area contributed by atoms with Gasteiger partial charge in [0, 0.05) is 0 Å². The van der Waals surface area contributed by atoms with Gasteiger partial charge in [-0.15, -0.1) is 0 Å². The Morgan fingerprint density at radius 2 is 0.948 bits per heavy atom. The van der Waals surface area contributed by atoms with E-state index in [0.717, 1.165) is 81.1 Å². The third kappa shape index (κ3) is 5.64. The number of aryl methyl sites for hydroxylation is 1. The molecule has 3 heterocycles. The van der Waals surface area contributed by atoms with Crippen LogP contribution in [-0.2, 0) is 17.6 Å². The van der Waals surface area contributed by atoms with Crippen LogP contribution in [0.15, 0.2) is 188 Å². The molecule has 3 aliphatic rings. The van der Waals surface area contributed by atoms with E-state index in [-0.39, 0.29) is 6.71 Å². The normalized spacial score (nSPS) is 15.2. The Balaban J connectivity index is 1.28. The van der Waals surface area contributed by atoms with Crippen molar-refractivity contribution in [1.82, 2.24) is 0 Å². The van der Waals surface area contributed by atoms with Gasteiger partial charge >= 0.3 is 354 Å². The van der Waals surface area contributed by atoms with E-state index in [0.29, 0.717) is 5.69 Å². The van der Waals surface area contributed by atoms with E-state index in [9.17, 15) is 0 Å². The molecule has 0 atom stereocenters. The van der Waals surface area contributed by atoms with Gasteiger partial charge in [-0.1, -0.05) is 0 Å². The van der Waals surface area contributed by atoms with Gasteiger partial charge in [0.15, 0.2) is 0 Å². The summed E-state index contributed by atoms with van der Waals surface area (Å²) < 4.78 is 29.0. The molecule has 4 nitrogen and oxygen atoms in total. The van der Waals surface area contributed by atoms with Gasteiger partial charge in [0.1, 0.15) is 0 Å². The third-order valence-electron chi connectivity index (χ3n) is 11.1. The summed E-state index contributed by atoms with van der Waals surface area (Å²) in [6.45, 7) is -0.688. The number of nitrogens with zero attached hydrogens (tertiary/aromatic N) is 4. The van der Waals surface area contributed by atoms with Gasteiger partial charge in [0.25, 0.3) is 0 Å². The molecule has 0 amide bonds. The van der Waals surface area contributed by atoms with E-state index in [1.165, 1.54) is 5.56 Å². The second-order valence-corrected chi connectivity index (χ2v) is 17.2. The zero-order valence-electron chi connectivity index (χ0n) is 34.6. The number of hydrogen-bond acceptors (Lipinski definition) is 4. The summed E-state index contributed by atoms with van der Waals surface area (Å²) >= 11 is -1.29. The van der Waals surface area contributed by atoms with E-state index in [4.69, 9.17) is 4.11 Å². The predicted molar refractivity (Wildman–Crippen MR) is 241 cm³/mol. The van der Waals surface area contributed by atoms with Gasteiger partial charge in [-0.2, -0.15) is 0 Å². The quantitative estimate of drug-likeness (QED) is 0.129. The van der Waals surface area contributed by atoms with Crippen LogP contribution in [0.3, 0.4) is 0 Å². The summed E-state index contributed by atoms with van der Waals surface area (Å²) in [6, 6.07) is 73.6. The number of anilines is 7. The SMILES string of the molecule is [2H]C([2H])([2H])N1[C]2=[Pt]=[C]3N(c4[c-]c(ccc4)B(c4c(-c5ccccc5)cccc4-c4ccccc4)c4[c-]c(ccc4)N2c2ccccc21)c1ccccc1N3c1ccc(C)cc1. The molecule has 58 heavy (non-hydrogen) atoms. The van der Waals surface area contributed by atoms with Gasteiger partial charge < -0.3 is 0 Å². The number of benzene rings is 8. The van der Waals surface area contributed by atoms with E-state index in [1.54, 1.807) is 4.90 Å². The minimum atomic E-state index is -2.46. The number of para-hydroxylation sites is 4. The molecule has 280 valence electrons. The summed E-state index contributed by atoms with van der Waals surface area (Å²) in [5, 5.41) is 0. The Kier molecular flexibility index (Phi) is 7.68. The van der Waals surface area contributed by atoms with Gasteiger partial charge in [-0.25, -0.2) is 0 Å². The molecule has 8 aromatic rings. The monoisotopic (exact) mass is 926 g/mol. The van der Waals surface area contributed by atoms with Crippen molar-refractivity contribution in [2.24, 2.45) is 0 Å². The van der Waals surface area contributed by atoms with Crippen LogP contribution < -0.4 is 36.0 Å². The van der Waals surface area contributed by atoms with E-state index < -0.39 is 24.6 Å². The molecule has 4 bridgehead atoms. The van der Waals surface area contributed by atoms with Crippen molar-refractivity contribution in [3.05, 3.63) is 206 Å². The second-order valence-electron chi connectivity index (χ2n) is 14.6. The molecule has 3 aliphatic heterocycles. The summed E-state index contributed by atoms with van der Waals surface area (Å²) in [5.74, 6) is 0. The molecule has 8 aromatic carbocycles. The first-order valence-corrected chi connectivity index (χ1v) is 21.7. The molecule has 6 heteroatoms. The van der Waals surface area contributed by atoms with E-state index in [2.05, 4.69) is 198 Å². The van der Waals surface area contributed by atoms with Crippen LogP contribution in [0.5, 0.6) is 0 Å². The first-order chi connectivity index (χ1) is 29.8. The Morgan fingerprint density at radius 1 is 0.466 bits per heavy atom.